The zero-order valence-electron chi connectivity index (χ0n) is 17.0. The maximum absolute atomic E-state index is 12.5. The fourth-order valence-electron chi connectivity index (χ4n) is 3.00. The van der Waals surface area contributed by atoms with Gasteiger partial charge in [0.15, 0.2) is 0 Å². The third-order valence-electron chi connectivity index (χ3n) is 4.58. The number of rotatable bonds is 8. The van der Waals surface area contributed by atoms with Crippen molar-refractivity contribution in [2.75, 3.05) is 26.1 Å². The Kier molecular flexibility index (Phi) is 6.88. The zero-order valence-corrected chi connectivity index (χ0v) is 17.0. The van der Waals surface area contributed by atoms with Crippen molar-refractivity contribution in [3.05, 3.63) is 64.5 Å². The van der Waals surface area contributed by atoms with Crippen LogP contribution >= 0.6 is 0 Å². The smallest absolute Gasteiger partial charge is 0.336 e. The fourth-order valence-corrected chi connectivity index (χ4v) is 3.00. The van der Waals surface area contributed by atoms with Crippen LogP contribution in [-0.2, 0) is 16.0 Å². The second-order valence-electron chi connectivity index (χ2n) is 6.65. The van der Waals surface area contributed by atoms with Crippen molar-refractivity contribution in [3.8, 4) is 11.5 Å². The molecule has 0 aliphatic carbocycles. The predicted octanol–water partition coefficient (Wildman–Crippen LogP) is 1.47. The van der Waals surface area contributed by atoms with E-state index in [1.54, 1.807) is 42.5 Å². The number of hydrogen-bond donors (Lipinski definition) is 3. The molecule has 1 atom stereocenters. The van der Waals surface area contributed by atoms with E-state index in [0.29, 0.717) is 28.1 Å². The monoisotopic (exact) mass is 426 g/mol. The highest BCUT2D eigenvalue weighted by Gasteiger charge is 2.21. The van der Waals surface area contributed by atoms with Crippen molar-refractivity contribution in [2.24, 2.45) is 0 Å². The Morgan fingerprint density at radius 1 is 1.03 bits per heavy atom. The highest BCUT2D eigenvalue weighted by Crippen LogP contribution is 2.23. The molecule has 2 aromatic carbocycles. The van der Waals surface area contributed by atoms with Crippen LogP contribution < -0.4 is 25.7 Å². The Morgan fingerprint density at radius 2 is 1.71 bits per heavy atom. The molecule has 9 nitrogen and oxygen atoms in total. The van der Waals surface area contributed by atoms with Gasteiger partial charge in [-0.2, -0.15) is 0 Å². The molecule has 3 rings (SSSR count). The van der Waals surface area contributed by atoms with E-state index in [-0.39, 0.29) is 12.0 Å². The Morgan fingerprint density at radius 3 is 2.35 bits per heavy atom. The van der Waals surface area contributed by atoms with Gasteiger partial charge in [0.2, 0.25) is 11.8 Å². The second kappa shape index (κ2) is 9.77. The maximum Gasteiger partial charge on any atom is 0.336 e. The van der Waals surface area contributed by atoms with Crippen molar-refractivity contribution in [1.82, 2.24) is 5.32 Å². The maximum atomic E-state index is 12.5. The van der Waals surface area contributed by atoms with Crippen LogP contribution in [0, 0.1) is 0 Å². The third-order valence-corrected chi connectivity index (χ3v) is 4.58. The first-order chi connectivity index (χ1) is 14.9. The lowest BCUT2D eigenvalue weighted by Crippen LogP contribution is -2.46. The van der Waals surface area contributed by atoms with Gasteiger partial charge in [-0.1, -0.05) is 0 Å². The lowest BCUT2D eigenvalue weighted by atomic mass is 10.1. The standard InChI is InChI=1S/C22H22N2O7/c1-29-15-5-3-14(4-6-15)23-22(28)18(12-25)24-20(26)9-13-10-21(27)31-19-11-16(30-2)7-8-17(13)19/h3-8,10-11,18,25H,9,12H2,1-2H3,(H,23,28)(H,24,26)/t18-/m0/s1. The molecule has 0 spiro atoms. The minimum Gasteiger partial charge on any atom is -0.497 e. The summed E-state index contributed by atoms with van der Waals surface area (Å²) in [4.78, 5) is 36.8. The van der Waals surface area contributed by atoms with Gasteiger partial charge < -0.3 is 29.6 Å². The van der Waals surface area contributed by atoms with Gasteiger partial charge in [-0.25, -0.2) is 4.79 Å². The molecule has 0 unspecified atom stereocenters. The summed E-state index contributed by atoms with van der Waals surface area (Å²) in [7, 11) is 3.02. The van der Waals surface area contributed by atoms with Crippen LogP contribution in [0.5, 0.6) is 11.5 Å². The second-order valence-corrected chi connectivity index (χ2v) is 6.65. The topological polar surface area (TPSA) is 127 Å². The number of aliphatic hydroxyl groups is 1. The summed E-state index contributed by atoms with van der Waals surface area (Å²) in [6.07, 6.45) is -0.180. The van der Waals surface area contributed by atoms with Crippen LogP contribution in [0.1, 0.15) is 5.56 Å². The molecule has 31 heavy (non-hydrogen) atoms. The first-order valence-electron chi connectivity index (χ1n) is 9.39. The van der Waals surface area contributed by atoms with Gasteiger partial charge >= 0.3 is 5.63 Å². The minimum atomic E-state index is -1.17. The first-order valence-corrected chi connectivity index (χ1v) is 9.39. The molecule has 162 valence electrons. The number of benzene rings is 2. The van der Waals surface area contributed by atoms with Crippen LogP contribution in [-0.4, -0.2) is 43.8 Å². The van der Waals surface area contributed by atoms with Crippen LogP contribution in [0.4, 0.5) is 5.69 Å². The molecule has 0 aliphatic rings. The first kappa shape index (κ1) is 21.8. The van der Waals surface area contributed by atoms with Gasteiger partial charge in [-0.15, -0.1) is 0 Å². The summed E-state index contributed by atoms with van der Waals surface area (Å²) in [6.45, 7) is -0.595. The van der Waals surface area contributed by atoms with Crippen molar-refractivity contribution >= 4 is 28.5 Å². The highest BCUT2D eigenvalue weighted by molar-refractivity contribution is 5.98. The van der Waals surface area contributed by atoms with Gasteiger partial charge in [-0.3, -0.25) is 9.59 Å². The van der Waals surface area contributed by atoms with Crippen molar-refractivity contribution in [3.63, 3.8) is 0 Å². The van der Waals surface area contributed by atoms with Gasteiger partial charge in [-0.05, 0) is 42.0 Å². The number of nitrogens with one attached hydrogen (secondary N) is 2. The molecular weight excluding hydrogens is 404 g/mol. The molecule has 0 radical (unpaired) electrons. The lowest BCUT2D eigenvalue weighted by Gasteiger charge is -2.16. The SMILES string of the molecule is COc1ccc(NC(=O)[C@H](CO)NC(=O)Cc2cc(=O)oc3cc(OC)ccc23)cc1. The Hall–Kier alpha value is -3.85. The number of carbonyl (C=O) groups excluding carboxylic acids is 2. The van der Waals surface area contributed by atoms with Crippen molar-refractivity contribution < 1.29 is 28.6 Å². The van der Waals surface area contributed by atoms with Crippen LogP contribution in [0.3, 0.4) is 0 Å². The minimum absolute atomic E-state index is 0.180. The van der Waals surface area contributed by atoms with Crippen LogP contribution in [0.25, 0.3) is 11.0 Å². The number of aliphatic hydroxyl groups excluding tert-OH is 1. The molecule has 0 saturated heterocycles. The normalized spacial score (nSPS) is 11.6. The molecule has 2 amide bonds. The lowest BCUT2D eigenvalue weighted by molar-refractivity contribution is -0.126. The summed E-state index contributed by atoms with van der Waals surface area (Å²) >= 11 is 0. The number of methoxy groups -OCH3 is 2. The quantitative estimate of drug-likeness (QED) is 0.466. The average Bonchev–Trinajstić information content (AvgIpc) is 2.77. The molecule has 9 heteroatoms. The number of hydrogen-bond acceptors (Lipinski definition) is 7. The molecule has 0 saturated carbocycles. The van der Waals surface area contributed by atoms with E-state index in [1.807, 2.05) is 0 Å². The van der Waals surface area contributed by atoms with E-state index >= 15 is 0 Å². The van der Waals surface area contributed by atoms with Crippen molar-refractivity contribution in [2.45, 2.75) is 12.5 Å². The molecule has 3 aromatic rings. The predicted molar refractivity (Wildman–Crippen MR) is 113 cm³/mol. The number of anilines is 1. The molecule has 0 fully saturated rings. The fraction of sp³-hybridized carbons (Fsp3) is 0.227. The van der Waals surface area contributed by atoms with Crippen molar-refractivity contribution in [1.29, 1.82) is 0 Å². The number of ether oxygens (including phenoxy) is 2. The molecule has 0 aliphatic heterocycles. The molecule has 0 bridgehead atoms. The molecule has 1 heterocycles. The van der Waals surface area contributed by atoms with E-state index in [4.69, 9.17) is 13.9 Å². The summed E-state index contributed by atoms with van der Waals surface area (Å²) in [5, 5.41) is 15.2. The Labute approximate surface area is 177 Å². The van der Waals surface area contributed by atoms with E-state index in [9.17, 15) is 19.5 Å². The van der Waals surface area contributed by atoms with Gasteiger partial charge in [0.1, 0.15) is 23.1 Å². The molecule has 3 N–H and O–H groups in total. The van der Waals surface area contributed by atoms with E-state index in [0.717, 1.165) is 0 Å². The van der Waals surface area contributed by atoms with Gasteiger partial charge in [0, 0.05) is 23.2 Å². The molecular formula is C22H22N2O7. The summed E-state index contributed by atoms with van der Waals surface area (Å²) in [5.41, 5.74) is 0.586. The highest BCUT2D eigenvalue weighted by atomic mass is 16.5. The summed E-state index contributed by atoms with van der Waals surface area (Å²) in [5.74, 6) is 0.0184. The third kappa shape index (κ3) is 5.40. The van der Waals surface area contributed by atoms with E-state index < -0.39 is 30.1 Å². The van der Waals surface area contributed by atoms with Gasteiger partial charge in [0.25, 0.3) is 0 Å². The largest absolute Gasteiger partial charge is 0.497 e. The van der Waals surface area contributed by atoms with Crippen LogP contribution in [0.15, 0.2) is 57.7 Å². The number of carbonyl (C=O) groups is 2. The zero-order chi connectivity index (χ0) is 22.4. The van der Waals surface area contributed by atoms with Gasteiger partial charge in [0.05, 0.1) is 27.2 Å². The Bertz CT molecular complexity index is 1140. The number of amides is 2. The average molecular weight is 426 g/mol. The summed E-state index contributed by atoms with van der Waals surface area (Å²) < 4.78 is 15.3. The molecule has 1 aromatic heterocycles. The summed E-state index contributed by atoms with van der Waals surface area (Å²) in [6, 6.07) is 11.6. The van der Waals surface area contributed by atoms with E-state index in [1.165, 1.54) is 20.3 Å². The van der Waals surface area contributed by atoms with Crippen LogP contribution in [0.2, 0.25) is 0 Å². The Balaban J connectivity index is 1.71. The number of fused-ring (bicyclic) bond motifs is 1. The van der Waals surface area contributed by atoms with E-state index in [2.05, 4.69) is 10.6 Å².